The average molecular weight is 390 g/mol. The summed E-state index contributed by atoms with van der Waals surface area (Å²) in [6.45, 7) is 2.43. The molecule has 0 aliphatic rings. The number of anilines is 2. The Morgan fingerprint density at radius 2 is 1.86 bits per heavy atom. The highest BCUT2D eigenvalue weighted by atomic mass is 19.4. The van der Waals surface area contributed by atoms with Crippen molar-refractivity contribution in [1.82, 2.24) is 19.7 Å². The van der Waals surface area contributed by atoms with E-state index in [0.717, 1.165) is 17.2 Å². The molecule has 6 nitrogen and oxygen atoms in total. The van der Waals surface area contributed by atoms with E-state index in [-0.39, 0.29) is 17.8 Å². The maximum Gasteiger partial charge on any atom is 0.433 e. The van der Waals surface area contributed by atoms with Gasteiger partial charge in [0.2, 0.25) is 5.95 Å². The fourth-order valence-electron chi connectivity index (χ4n) is 2.61. The van der Waals surface area contributed by atoms with E-state index in [4.69, 9.17) is 0 Å². The molecule has 3 rings (SSSR count). The first-order valence-corrected chi connectivity index (χ1v) is 8.69. The van der Waals surface area contributed by atoms with Crippen molar-refractivity contribution in [1.29, 1.82) is 0 Å². The Bertz CT molecular complexity index is 921. The van der Waals surface area contributed by atoms with Gasteiger partial charge in [0.1, 0.15) is 5.82 Å². The van der Waals surface area contributed by atoms with Crippen LogP contribution in [0.5, 0.6) is 0 Å². The minimum atomic E-state index is -4.55. The van der Waals surface area contributed by atoms with Gasteiger partial charge in [-0.25, -0.2) is 4.98 Å². The second-order valence-electron chi connectivity index (χ2n) is 6.65. The lowest BCUT2D eigenvalue weighted by atomic mass is 10.2. The van der Waals surface area contributed by atoms with Gasteiger partial charge in [0.05, 0.1) is 18.8 Å². The third kappa shape index (κ3) is 4.79. The Kier molecular flexibility index (Phi) is 5.53. The number of rotatable bonds is 6. The number of nitrogens with zero attached hydrogens (tertiary/aromatic N) is 5. The summed E-state index contributed by atoms with van der Waals surface area (Å²) in [4.78, 5) is 9.29. The summed E-state index contributed by atoms with van der Waals surface area (Å²) in [5.41, 5.74) is 0.943. The number of hydrogen-bond acceptors (Lipinski definition) is 5. The van der Waals surface area contributed by atoms with Crippen LogP contribution in [0.15, 0.2) is 48.8 Å². The van der Waals surface area contributed by atoms with E-state index >= 15 is 0 Å². The van der Waals surface area contributed by atoms with Crippen LogP contribution in [-0.2, 0) is 12.7 Å². The monoisotopic (exact) mass is 390 g/mol. The second kappa shape index (κ2) is 7.87. The number of benzene rings is 1. The molecule has 9 heteroatoms. The first kappa shape index (κ1) is 19.7. The van der Waals surface area contributed by atoms with Gasteiger partial charge >= 0.3 is 6.18 Å². The van der Waals surface area contributed by atoms with Crippen molar-refractivity contribution < 1.29 is 13.2 Å². The summed E-state index contributed by atoms with van der Waals surface area (Å²) in [5.74, 6) is 0.0960. The van der Waals surface area contributed by atoms with Gasteiger partial charge < -0.3 is 10.2 Å². The summed E-state index contributed by atoms with van der Waals surface area (Å²) in [6.07, 6.45) is -1.01. The number of alkyl halides is 3. The molecule has 0 aliphatic carbocycles. The Hall–Kier alpha value is -3.10. The van der Waals surface area contributed by atoms with E-state index in [2.05, 4.69) is 20.4 Å². The molecule has 1 N–H and O–H groups in total. The van der Waals surface area contributed by atoms with Crippen molar-refractivity contribution >= 4 is 11.8 Å². The summed E-state index contributed by atoms with van der Waals surface area (Å²) >= 11 is 0. The molecule has 148 valence electrons. The minimum absolute atomic E-state index is 0.0816. The molecule has 28 heavy (non-hydrogen) atoms. The quantitative estimate of drug-likeness (QED) is 0.690. The van der Waals surface area contributed by atoms with E-state index in [1.165, 1.54) is 4.90 Å². The van der Waals surface area contributed by atoms with Crippen LogP contribution >= 0.6 is 0 Å². The van der Waals surface area contributed by atoms with Gasteiger partial charge in [-0.05, 0) is 12.5 Å². The molecule has 2 aromatic heterocycles. The Morgan fingerprint density at radius 1 is 1.14 bits per heavy atom. The smallest absolute Gasteiger partial charge is 0.363 e. The summed E-state index contributed by atoms with van der Waals surface area (Å²) in [5, 5.41) is 7.27. The molecule has 0 fully saturated rings. The Labute approximate surface area is 161 Å². The molecule has 1 unspecified atom stereocenters. The molecular formula is C19H21F3N6. The fourth-order valence-corrected chi connectivity index (χ4v) is 2.61. The number of aromatic nitrogens is 4. The fraction of sp³-hybridized carbons (Fsp3) is 0.316. The van der Waals surface area contributed by atoms with Crippen LogP contribution in [0, 0.1) is 0 Å². The largest absolute Gasteiger partial charge is 0.433 e. The van der Waals surface area contributed by atoms with Gasteiger partial charge in [-0.3, -0.25) is 4.68 Å². The van der Waals surface area contributed by atoms with Gasteiger partial charge in [0.25, 0.3) is 0 Å². The molecule has 0 spiro atoms. The number of nitrogens with one attached hydrogen (secondary N) is 1. The summed E-state index contributed by atoms with van der Waals surface area (Å²) in [6, 6.07) is 10.5. The molecule has 0 aliphatic heterocycles. The highest BCUT2D eigenvalue weighted by molar-refractivity contribution is 5.45. The molecular weight excluding hydrogens is 369 g/mol. The zero-order valence-electron chi connectivity index (χ0n) is 15.8. The van der Waals surface area contributed by atoms with Gasteiger partial charge in [-0.2, -0.15) is 23.3 Å². The van der Waals surface area contributed by atoms with E-state index in [1.54, 1.807) is 25.0 Å². The predicted molar refractivity (Wildman–Crippen MR) is 101 cm³/mol. The molecule has 0 saturated carbocycles. The van der Waals surface area contributed by atoms with Crippen molar-refractivity contribution in [3.8, 4) is 0 Å². The zero-order valence-corrected chi connectivity index (χ0v) is 15.8. The standard InChI is InChI=1S/C19H21F3N6/c1-13(15-10-23-28(12-15)11-14-7-5-4-6-8-14)24-18-25-16(19(20,21)22)9-17(26-18)27(2)3/h4-10,12-13H,11H2,1-3H3,(H,24,25,26). The van der Waals surface area contributed by atoms with Gasteiger partial charge in [-0.1, -0.05) is 30.3 Å². The maximum absolute atomic E-state index is 13.1. The summed E-state index contributed by atoms with van der Waals surface area (Å²) in [7, 11) is 3.26. The van der Waals surface area contributed by atoms with Crippen LogP contribution in [0.4, 0.5) is 24.9 Å². The zero-order chi connectivity index (χ0) is 20.3. The molecule has 0 radical (unpaired) electrons. The first-order valence-electron chi connectivity index (χ1n) is 8.69. The predicted octanol–water partition coefficient (Wildman–Crippen LogP) is 3.98. The molecule has 0 saturated heterocycles. The van der Waals surface area contributed by atoms with Gasteiger partial charge in [0.15, 0.2) is 5.69 Å². The van der Waals surface area contributed by atoms with E-state index in [0.29, 0.717) is 6.54 Å². The molecule has 1 aromatic carbocycles. The van der Waals surface area contributed by atoms with Crippen molar-refractivity contribution in [2.45, 2.75) is 25.7 Å². The topological polar surface area (TPSA) is 58.9 Å². The van der Waals surface area contributed by atoms with Gasteiger partial charge in [-0.15, -0.1) is 0 Å². The number of halogens is 3. The lowest BCUT2D eigenvalue weighted by Crippen LogP contribution is -2.18. The lowest BCUT2D eigenvalue weighted by Gasteiger charge is -2.18. The minimum Gasteiger partial charge on any atom is -0.363 e. The van der Waals surface area contributed by atoms with Crippen LogP contribution in [0.3, 0.4) is 0 Å². The van der Waals surface area contributed by atoms with Crippen LogP contribution in [0.1, 0.15) is 29.8 Å². The molecule has 0 amide bonds. The van der Waals surface area contributed by atoms with Crippen LogP contribution in [0.25, 0.3) is 0 Å². The lowest BCUT2D eigenvalue weighted by molar-refractivity contribution is -0.141. The molecule has 2 heterocycles. The third-order valence-electron chi connectivity index (χ3n) is 4.15. The van der Waals surface area contributed by atoms with Crippen molar-refractivity contribution in [3.05, 3.63) is 65.6 Å². The second-order valence-corrected chi connectivity index (χ2v) is 6.65. The SMILES string of the molecule is CC(Nc1nc(N(C)C)cc(C(F)(F)F)n1)c1cnn(Cc2ccccc2)c1. The third-order valence-corrected chi connectivity index (χ3v) is 4.15. The van der Waals surface area contributed by atoms with E-state index < -0.39 is 11.9 Å². The normalized spacial score (nSPS) is 12.6. The van der Waals surface area contributed by atoms with Crippen LogP contribution in [-0.4, -0.2) is 33.8 Å². The van der Waals surface area contributed by atoms with Crippen molar-refractivity contribution in [3.63, 3.8) is 0 Å². The molecule has 0 bridgehead atoms. The first-order chi connectivity index (χ1) is 13.2. The van der Waals surface area contributed by atoms with Crippen LogP contribution in [0.2, 0.25) is 0 Å². The van der Waals surface area contributed by atoms with E-state index in [1.807, 2.05) is 43.5 Å². The van der Waals surface area contributed by atoms with Crippen LogP contribution < -0.4 is 10.2 Å². The van der Waals surface area contributed by atoms with Crippen molar-refractivity contribution in [2.24, 2.45) is 0 Å². The van der Waals surface area contributed by atoms with Crippen molar-refractivity contribution in [2.75, 3.05) is 24.3 Å². The highest BCUT2D eigenvalue weighted by Crippen LogP contribution is 2.30. The highest BCUT2D eigenvalue weighted by Gasteiger charge is 2.34. The molecule has 1 atom stereocenters. The Balaban J connectivity index is 1.77. The molecule has 3 aromatic rings. The van der Waals surface area contributed by atoms with E-state index in [9.17, 15) is 13.2 Å². The maximum atomic E-state index is 13.1. The summed E-state index contributed by atoms with van der Waals surface area (Å²) < 4.78 is 41.2. The number of hydrogen-bond donors (Lipinski definition) is 1. The average Bonchev–Trinajstić information content (AvgIpc) is 3.10. The Morgan fingerprint density at radius 3 is 2.50 bits per heavy atom. The van der Waals surface area contributed by atoms with Gasteiger partial charge in [0, 0.05) is 31.9 Å².